The lowest BCUT2D eigenvalue weighted by Gasteiger charge is -2.31. The van der Waals surface area contributed by atoms with E-state index in [0.29, 0.717) is 10.9 Å². The molecule has 1 aliphatic heterocycles. The molecule has 0 aliphatic carbocycles. The Balaban J connectivity index is 1.62. The van der Waals surface area contributed by atoms with Gasteiger partial charge in [0, 0.05) is 33.8 Å². The minimum Gasteiger partial charge on any atom is -0.489 e. The topological polar surface area (TPSA) is 130 Å². The zero-order valence-corrected chi connectivity index (χ0v) is 20.4. The van der Waals surface area contributed by atoms with E-state index in [-0.39, 0.29) is 34.7 Å². The molecule has 4 aromatic rings. The average Bonchev–Trinajstić information content (AvgIpc) is 3.52. The molecule has 0 radical (unpaired) electrons. The summed E-state index contributed by atoms with van der Waals surface area (Å²) in [4.78, 5) is 32.2. The van der Waals surface area contributed by atoms with Gasteiger partial charge in [0.2, 0.25) is 11.5 Å². The van der Waals surface area contributed by atoms with E-state index in [2.05, 4.69) is 15.3 Å². The van der Waals surface area contributed by atoms with Crippen LogP contribution in [-0.4, -0.2) is 46.2 Å². The number of nitrogens with zero attached hydrogens (tertiary/aromatic N) is 1. The first-order valence-corrected chi connectivity index (χ1v) is 11.7. The smallest absolute Gasteiger partial charge is 0.424 e. The quantitative estimate of drug-likeness (QED) is 0.276. The lowest BCUT2D eigenvalue weighted by Crippen LogP contribution is -2.51. The van der Waals surface area contributed by atoms with Crippen LogP contribution < -0.4 is 15.8 Å². The van der Waals surface area contributed by atoms with Gasteiger partial charge in [-0.15, -0.1) is 0 Å². The van der Waals surface area contributed by atoms with Gasteiger partial charge in [-0.05, 0) is 55.5 Å². The first-order valence-electron chi connectivity index (χ1n) is 11.7. The third-order valence-electron chi connectivity index (χ3n) is 6.97. The van der Waals surface area contributed by atoms with Crippen molar-refractivity contribution in [3.63, 3.8) is 0 Å². The van der Waals surface area contributed by atoms with Gasteiger partial charge in [-0.25, -0.2) is 9.37 Å². The highest BCUT2D eigenvalue weighted by Crippen LogP contribution is 2.47. The summed E-state index contributed by atoms with van der Waals surface area (Å²) < 4.78 is 62.8. The van der Waals surface area contributed by atoms with E-state index < -0.39 is 47.1 Å². The Morgan fingerprint density at radius 1 is 1.18 bits per heavy atom. The number of alkyl halides is 3. The van der Waals surface area contributed by atoms with Crippen molar-refractivity contribution in [1.82, 2.24) is 15.3 Å². The van der Waals surface area contributed by atoms with E-state index in [1.165, 1.54) is 25.1 Å². The Morgan fingerprint density at radius 3 is 2.56 bits per heavy atom. The van der Waals surface area contributed by atoms with Crippen LogP contribution in [0.3, 0.4) is 0 Å². The number of fused-ring (bicyclic) bond motifs is 2. The molecule has 12 heteroatoms. The highest BCUT2D eigenvalue weighted by atomic mass is 19.4. The average molecular weight is 542 g/mol. The second kappa shape index (κ2) is 9.09. The Bertz CT molecular complexity index is 1600. The number of nitrogens with one attached hydrogen (secondary N) is 2. The standard InChI is InChI=1S/C27H22F4N4O4/c1-25(24(32)37)13-39-22-18(25)11-20(35-21(22)14-5-7-15(28)8-6-14)26(38,27(29,30)31)12-34-23(36)17-3-2-4-19-16(17)9-10-33-19/h2-11,33,38H,12-13H2,1H3,(H2,32,37)(H,34,36)/t25-,26?/m0/s1. The molecule has 0 saturated carbocycles. The predicted octanol–water partition coefficient (Wildman–Crippen LogP) is 3.68. The Kier molecular flexibility index (Phi) is 6.10. The van der Waals surface area contributed by atoms with E-state index in [0.717, 1.165) is 18.2 Å². The molecule has 0 spiro atoms. The molecule has 2 aromatic carbocycles. The SMILES string of the molecule is C[C@]1(C(N)=O)COc2c1cc(C(O)(CNC(=O)c1cccc3[nH]ccc13)C(F)(F)F)nc2-c1ccc(F)cc1. The summed E-state index contributed by atoms with van der Waals surface area (Å²) in [6, 6.07) is 11.9. The molecule has 5 N–H and O–H groups in total. The van der Waals surface area contributed by atoms with Gasteiger partial charge in [0.1, 0.15) is 29.3 Å². The van der Waals surface area contributed by atoms with Gasteiger partial charge in [0.25, 0.3) is 5.91 Å². The number of pyridine rings is 1. The van der Waals surface area contributed by atoms with Crippen molar-refractivity contribution in [2.75, 3.05) is 13.2 Å². The van der Waals surface area contributed by atoms with Crippen LogP contribution in [0.1, 0.15) is 28.5 Å². The number of ether oxygens (including phenoxy) is 1. The summed E-state index contributed by atoms with van der Waals surface area (Å²) in [6.07, 6.45) is -3.74. The third kappa shape index (κ3) is 4.26. The van der Waals surface area contributed by atoms with Crippen LogP contribution in [0, 0.1) is 5.82 Å². The summed E-state index contributed by atoms with van der Waals surface area (Å²) in [7, 11) is 0. The van der Waals surface area contributed by atoms with Crippen molar-refractivity contribution < 1.29 is 37.0 Å². The predicted molar refractivity (Wildman–Crippen MR) is 132 cm³/mol. The van der Waals surface area contributed by atoms with Gasteiger partial charge < -0.3 is 25.9 Å². The molecule has 1 unspecified atom stereocenters. The number of carbonyl (C=O) groups excluding carboxylic acids is 2. The molecule has 2 amide bonds. The molecule has 0 bridgehead atoms. The Morgan fingerprint density at radius 2 is 1.90 bits per heavy atom. The molecular weight excluding hydrogens is 520 g/mol. The Labute approximate surface area is 218 Å². The van der Waals surface area contributed by atoms with Crippen molar-refractivity contribution in [1.29, 1.82) is 0 Å². The van der Waals surface area contributed by atoms with Crippen molar-refractivity contribution in [2.45, 2.75) is 24.1 Å². The van der Waals surface area contributed by atoms with Crippen LogP contribution in [0.5, 0.6) is 5.75 Å². The fourth-order valence-corrected chi connectivity index (χ4v) is 4.53. The zero-order chi connectivity index (χ0) is 28.2. The van der Waals surface area contributed by atoms with E-state index in [9.17, 15) is 32.3 Å². The normalized spacial score (nSPS) is 18.3. The van der Waals surface area contributed by atoms with Crippen molar-refractivity contribution in [2.24, 2.45) is 5.73 Å². The van der Waals surface area contributed by atoms with Crippen molar-refractivity contribution in [3.8, 4) is 17.0 Å². The number of carbonyl (C=O) groups is 2. The molecule has 0 saturated heterocycles. The number of benzene rings is 2. The molecule has 1 aliphatic rings. The number of primary amides is 1. The van der Waals surface area contributed by atoms with Crippen molar-refractivity contribution in [3.05, 3.63) is 83.4 Å². The van der Waals surface area contributed by atoms with Gasteiger partial charge in [-0.2, -0.15) is 13.2 Å². The minimum absolute atomic E-state index is 0.0145. The molecule has 0 fully saturated rings. The maximum Gasteiger partial charge on any atom is 0.424 e. The number of hydrogen-bond donors (Lipinski definition) is 4. The maximum absolute atomic E-state index is 14.5. The minimum atomic E-state index is -5.32. The number of amides is 2. The van der Waals surface area contributed by atoms with E-state index >= 15 is 0 Å². The van der Waals surface area contributed by atoms with E-state index in [1.54, 1.807) is 24.4 Å². The third-order valence-corrected chi connectivity index (χ3v) is 6.97. The molecule has 8 nitrogen and oxygen atoms in total. The molecule has 5 rings (SSSR count). The number of halogens is 4. The van der Waals surface area contributed by atoms with Gasteiger partial charge in [-0.1, -0.05) is 6.07 Å². The van der Waals surface area contributed by atoms with Crippen LogP contribution in [-0.2, 0) is 15.8 Å². The number of rotatable bonds is 6. The highest BCUT2D eigenvalue weighted by Gasteiger charge is 2.57. The first kappa shape index (κ1) is 26.2. The van der Waals surface area contributed by atoms with Gasteiger partial charge in [0.05, 0.1) is 12.2 Å². The molecule has 2 atom stereocenters. The fraction of sp³-hybridized carbons (Fsp3) is 0.222. The number of H-pyrrole nitrogens is 1. The first-order chi connectivity index (χ1) is 18.3. The largest absolute Gasteiger partial charge is 0.489 e. The molecule has 202 valence electrons. The van der Waals surface area contributed by atoms with E-state index in [4.69, 9.17) is 10.5 Å². The fourth-order valence-electron chi connectivity index (χ4n) is 4.53. The summed E-state index contributed by atoms with van der Waals surface area (Å²) in [5.41, 5.74) is 0.148. The molecule has 3 heterocycles. The van der Waals surface area contributed by atoms with Gasteiger partial charge in [-0.3, -0.25) is 9.59 Å². The van der Waals surface area contributed by atoms with Crippen LogP contribution in [0.4, 0.5) is 17.6 Å². The summed E-state index contributed by atoms with van der Waals surface area (Å²) in [5.74, 6) is -2.33. The lowest BCUT2D eigenvalue weighted by molar-refractivity contribution is -0.265. The van der Waals surface area contributed by atoms with Gasteiger partial charge in [0.15, 0.2) is 0 Å². The number of hydrogen-bond acceptors (Lipinski definition) is 5. The second-order valence-electron chi connectivity index (χ2n) is 9.51. The van der Waals surface area contributed by atoms with Crippen LogP contribution >= 0.6 is 0 Å². The highest BCUT2D eigenvalue weighted by molar-refractivity contribution is 6.06. The summed E-state index contributed by atoms with van der Waals surface area (Å²) >= 11 is 0. The number of nitrogens with two attached hydrogens (primary N) is 1. The Hall–Kier alpha value is -4.45. The van der Waals surface area contributed by atoms with Crippen LogP contribution in [0.25, 0.3) is 22.2 Å². The second-order valence-corrected chi connectivity index (χ2v) is 9.51. The number of aliphatic hydroxyl groups is 1. The number of aromatic amines is 1. The lowest BCUT2D eigenvalue weighted by atomic mass is 9.81. The van der Waals surface area contributed by atoms with E-state index in [1.807, 2.05) is 0 Å². The van der Waals surface area contributed by atoms with Gasteiger partial charge >= 0.3 is 6.18 Å². The molecule has 39 heavy (non-hydrogen) atoms. The molecule has 2 aromatic heterocycles. The monoisotopic (exact) mass is 542 g/mol. The van der Waals surface area contributed by atoms with Crippen molar-refractivity contribution >= 4 is 22.7 Å². The number of aromatic nitrogens is 2. The summed E-state index contributed by atoms with van der Waals surface area (Å²) in [5, 5.41) is 13.8. The summed E-state index contributed by atoms with van der Waals surface area (Å²) in [6.45, 7) is -0.177. The maximum atomic E-state index is 14.5. The zero-order valence-electron chi connectivity index (χ0n) is 20.4. The van der Waals surface area contributed by atoms with Crippen LogP contribution in [0.15, 0.2) is 60.8 Å². The van der Waals surface area contributed by atoms with Crippen LogP contribution in [0.2, 0.25) is 0 Å². The molecular formula is C27H22F4N4O4.